The number of halogens is 2. The Labute approximate surface area is 196 Å². The van der Waals surface area contributed by atoms with Gasteiger partial charge in [0, 0.05) is 28.9 Å². The number of nitrogens with one attached hydrogen (secondary N) is 2. The van der Waals surface area contributed by atoms with Crippen LogP contribution in [0.3, 0.4) is 0 Å². The van der Waals surface area contributed by atoms with Gasteiger partial charge in [-0.05, 0) is 49.3 Å². The lowest BCUT2D eigenvalue weighted by Gasteiger charge is -2.23. The highest BCUT2D eigenvalue weighted by Crippen LogP contribution is 2.30. The Balaban J connectivity index is 1.71. The number of anilines is 1. The molecule has 8 heteroatoms. The van der Waals surface area contributed by atoms with Crippen LogP contribution in [0.2, 0.25) is 5.02 Å². The van der Waals surface area contributed by atoms with E-state index in [0.717, 1.165) is 35.4 Å². The number of aliphatic imine (C=N–C) groups is 1. The monoisotopic (exact) mass is 470 g/mol. The summed E-state index contributed by atoms with van der Waals surface area (Å²) in [7, 11) is 1.72. The van der Waals surface area contributed by atoms with Crippen LogP contribution in [0.15, 0.2) is 76.4 Å². The number of nitrogens with zero attached hydrogens (tertiary/aromatic N) is 2. The summed E-state index contributed by atoms with van der Waals surface area (Å²) in [5.74, 6) is -0.234. The van der Waals surface area contributed by atoms with Crippen LogP contribution >= 0.6 is 35.4 Å². The average molecular weight is 471 g/mol. The van der Waals surface area contributed by atoms with E-state index in [4.69, 9.17) is 40.4 Å². The fourth-order valence-electron chi connectivity index (χ4n) is 3.52. The van der Waals surface area contributed by atoms with Gasteiger partial charge in [-0.1, -0.05) is 59.6 Å². The van der Waals surface area contributed by atoms with Crippen LogP contribution in [-0.4, -0.2) is 29.9 Å². The molecular weight excluding hydrogens is 451 g/mol. The van der Waals surface area contributed by atoms with Crippen LogP contribution in [0.5, 0.6) is 0 Å². The number of benzodiazepines with no additional fused rings is 1. The number of likely N-dealkylation sites (N-methyl/N-ethyl adjacent to an activating group) is 1. The van der Waals surface area contributed by atoms with E-state index in [1.807, 2.05) is 54.6 Å². The molecule has 1 heterocycles. The van der Waals surface area contributed by atoms with Gasteiger partial charge in [0.25, 0.3) is 5.91 Å². The molecule has 31 heavy (non-hydrogen) atoms. The van der Waals surface area contributed by atoms with Gasteiger partial charge in [0.15, 0.2) is 5.11 Å². The van der Waals surface area contributed by atoms with E-state index in [-0.39, 0.29) is 11.0 Å². The van der Waals surface area contributed by atoms with Crippen molar-refractivity contribution in [2.45, 2.75) is 19.0 Å². The molecule has 4 rings (SSSR count). The Morgan fingerprint density at radius 2 is 1.97 bits per heavy atom. The van der Waals surface area contributed by atoms with Crippen molar-refractivity contribution in [2.75, 3.05) is 11.9 Å². The van der Waals surface area contributed by atoms with Crippen molar-refractivity contribution < 1.29 is 4.79 Å². The molecule has 1 amide bonds. The van der Waals surface area contributed by atoms with Gasteiger partial charge in [0.05, 0.1) is 16.4 Å². The molecule has 2 aromatic carbocycles. The standard InChI is InChI=1S/C23H20Cl2N4OS/c1-29-19-12-11-15(24)13-16(19)20(14-7-3-2-4-8-14)27-21(22(29)30)28-23(31)26-18-10-6-5-9-17(18)25/h2-5,7-9,11-13,21H,6,10H2,1H3,(H2,26,28,31). The minimum Gasteiger partial charge on any atom is -0.335 e. The maximum Gasteiger partial charge on any atom is 0.272 e. The summed E-state index contributed by atoms with van der Waals surface area (Å²) in [6.07, 6.45) is 4.56. The van der Waals surface area contributed by atoms with E-state index < -0.39 is 6.17 Å². The second-order valence-electron chi connectivity index (χ2n) is 7.17. The van der Waals surface area contributed by atoms with Gasteiger partial charge in [-0.15, -0.1) is 0 Å². The summed E-state index contributed by atoms with van der Waals surface area (Å²) >= 11 is 18.0. The van der Waals surface area contributed by atoms with Crippen LogP contribution in [-0.2, 0) is 4.79 Å². The number of allylic oxidation sites excluding steroid dienone is 4. The van der Waals surface area contributed by atoms with Gasteiger partial charge in [0.1, 0.15) is 0 Å². The lowest BCUT2D eigenvalue weighted by atomic mass is 10.0. The van der Waals surface area contributed by atoms with E-state index in [1.165, 1.54) is 0 Å². The molecule has 1 unspecified atom stereocenters. The van der Waals surface area contributed by atoms with Gasteiger partial charge in [-0.25, -0.2) is 4.99 Å². The first-order chi connectivity index (χ1) is 14.9. The van der Waals surface area contributed by atoms with E-state index in [9.17, 15) is 4.79 Å². The van der Waals surface area contributed by atoms with Crippen molar-refractivity contribution >= 4 is 57.8 Å². The molecule has 0 radical (unpaired) electrons. The first-order valence-electron chi connectivity index (χ1n) is 9.77. The zero-order chi connectivity index (χ0) is 22.0. The number of hydrogen-bond acceptors (Lipinski definition) is 3. The first kappa shape index (κ1) is 21.6. The third-order valence-electron chi connectivity index (χ3n) is 5.09. The van der Waals surface area contributed by atoms with Crippen molar-refractivity contribution in [3.8, 4) is 0 Å². The zero-order valence-corrected chi connectivity index (χ0v) is 19.1. The third-order valence-corrected chi connectivity index (χ3v) is 5.90. The number of hydrogen-bond donors (Lipinski definition) is 2. The SMILES string of the molecule is CN1C(=O)C(NC(=S)NC2=C(Cl)C=CCC2)N=C(c2ccccc2)c2cc(Cl)ccc21. The quantitative estimate of drug-likeness (QED) is 0.635. The molecule has 0 fully saturated rings. The molecule has 5 nitrogen and oxygen atoms in total. The number of fused-ring (bicyclic) bond motifs is 1. The van der Waals surface area contributed by atoms with Gasteiger partial charge in [0.2, 0.25) is 6.17 Å². The molecule has 0 bridgehead atoms. The Morgan fingerprint density at radius 1 is 1.19 bits per heavy atom. The fraction of sp³-hybridized carbons (Fsp3) is 0.174. The molecule has 0 spiro atoms. The first-order valence-corrected chi connectivity index (χ1v) is 10.9. The molecule has 1 aliphatic carbocycles. The largest absolute Gasteiger partial charge is 0.335 e. The maximum absolute atomic E-state index is 13.2. The minimum absolute atomic E-state index is 0.234. The molecule has 0 saturated carbocycles. The molecule has 0 aromatic heterocycles. The minimum atomic E-state index is -0.912. The number of thiocarbonyl (C=S) groups is 1. The Hall–Kier alpha value is -2.67. The highest BCUT2D eigenvalue weighted by molar-refractivity contribution is 7.80. The lowest BCUT2D eigenvalue weighted by molar-refractivity contribution is -0.119. The van der Waals surface area contributed by atoms with Crippen molar-refractivity contribution in [1.29, 1.82) is 0 Å². The molecule has 158 valence electrons. The molecule has 1 aliphatic heterocycles. The van der Waals surface area contributed by atoms with Crippen molar-refractivity contribution in [3.05, 3.63) is 87.6 Å². The van der Waals surface area contributed by atoms with Gasteiger partial charge in [-0.2, -0.15) is 0 Å². The maximum atomic E-state index is 13.2. The second kappa shape index (κ2) is 9.22. The molecular formula is C23H20Cl2N4OS. The smallest absolute Gasteiger partial charge is 0.272 e. The Bertz CT molecular complexity index is 1130. The summed E-state index contributed by atoms with van der Waals surface area (Å²) in [5, 5.41) is 7.62. The normalized spacial score (nSPS) is 18.3. The number of carbonyl (C=O) groups is 1. The van der Waals surface area contributed by atoms with E-state index in [2.05, 4.69) is 10.6 Å². The van der Waals surface area contributed by atoms with Gasteiger partial charge in [-0.3, -0.25) is 4.79 Å². The number of carbonyl (C=O) groups excluding carboxylic acids is 1. The van der Waals surface area contributed by atoms with E-state index in [0.29, 0.717) is 15.8 Å². The summed E-state index contributed by atoms with van der Waals surface area (Å²) in [4.78, 5) is 19.6. The van der Waals surface area contributed by atoms with Crippen LogP contribution in [0.4, 0.5) is 5.69 Å². The molecule has 1 atom stereocenters. The van der Waals surface area contributed by atoms with E-state index >= 15 is 0 Å². The Morgan fingerprint density at radius 3 is 2.71 bits per heavy atom. The molecule has 2 aromatic rings. The van der Waals surface area contributed by atoms with E-state index in [1.54, 1.807) is 18.0 Å². The second-order valence-corrected chi connectivity index (χ2v) is 8.42. The number of amides is 1. The van der Waals surface area contributed by atoms with Crippen molar-refractivity contribution in [3.63, 3.8) is 0 Å². The van der Waals surface area contributed by atoms with Crippen molar-refractivity contribution in [2.24, 2.45) is 4.99 Å². The summed E-state index contributed by atoms with van der Waals surface area (Å²) < 4.78 is 0. The summed E-state index contributed by atoms with van der Waals surface area (Å²) in [6, 6.07) is 15.1. The predicted octanol–water partition coefficient (Wildman–Crippen LogP) is 4.74. The summed E-state index contributed by atoms with van der Waals surface area (Å²) in [6.45, 7) is 0. The Kier molecular flexibility index (Phi) is 6.41. The highest BCUT2D eigenvalue weighted by atomic mass is 35.5. The average Bonchev–Trinajstić information content (AvgIpc) is 2.86. The fourth-order valence-corrected chi connectivity index (χ4v) is 4.16. The van der Waals surface area contributed by atoms with Crippen LogP contribution in [0, 0.1) is 0 Å². The molecule has 2 aliphatic rings. The zero-order valence-electron chi connectivity index (χ0n) is 16.7. The lowest BCUT2D eigenvalue weighted by Crippen LogP contribution is -2.49. The van der Waals surface area contributed by atoms with Crippen LogP contribution in [0.25, 0.3) is 0 Å². The highest BCUT2D eigenvalue weighted by Gasteiger charge is 2.30. The third kappa shape index (κ3) is 4.66. The van der Waals surface area contributed by atoms with Gasteiger partial charge < -0.3 is 15.5 Å². The van der Waals surface area contributed by atoms with Crippen LogP contribution < -0.4 is 15.5 Å². The number of benzene rings is 2. The van der Waals surface area contributed by atoms with Crippen molar-refractivity contribution in [1.82, 2.24) is 10.6 Å². The van der Waals surface area contributed by atoms with Crippen LogP contribution in [0.1, 0.15) is 24.0 Å². The molecule has 0 saturated heterocycles. The topological polar surface area (TPSA) is 56.7 Å². The predicted molar refractivity (Wildman–Crippen MR) is 131 cm³/mol. The van der Waals surface area contributed by atoms with Gasteiger partial charge >= 0.3 is 0 Å². The number of rotatable bonds is 3. The molecule has 2 N–H and O–H groups in total. The summed E-state index contributed by atoms with van der Waals surface area (Å²) in [5.41, 5.74) is 3.86.